The highest BCUT2D eigenvalue weighted by Gasteiger charge is 2.39. The third-order valence-corrected chi connectivity index (χ3v) is 5.48. The summed E-state index contributed by atoms with van der Waals surface area (Å²) in [6.45, 7) is 1.59. The van der Waals surface area contributed by atoms with Crippen LogP contribution in [0.4, 0.5) is 0 Å². The quantitative estimate of drug-likeness (QED) is 0.868. The van der Waals surface area contributed by atoms with Crippen molar-refractivity contribution < 1.29 is 14.7 Å². The van der Waals surface area contributed by atoms with Crippen molar-refractivity contribution in [3.05, 3.63) is 35.4 Å². The molecule has 4 heteroatoms. The zero-order chi connectivity index (χ0) is 15.7. The lowest BCUT2D eigenvalue weighted by atomic mass is 9.66. The van der Waals surface area contributed by atoms with Gasteiger partial charge in [-0.1, -0.05) is 37.1 Å². The molecule has 1 aromatic rings. The Kier molecular flexibility index (Phi) is 4.19. The molecule has 0 bridgehead atoms. The minimum atomic E-state index is -0.949. The summed E-state index contributed by atoms with van der Waals surface area (Å²) in [5.41, 5.74) is 2.47. The molecule has 0 saturated heterocycles. The van der Waals surface area contributed by atoms with Crippen LogP contribution < -0.4 is 0 Å². The zero-order valence-electron chi connectivity index (χ0n) is 12.9. The molecular weight excluding hydrogens is 278 g/mol. The Bertz CT molecular complexity index is 571. The molecule has 3 rings (SSSR count). The molecule has 1 fully saturated rings. The first kappa shape index (κ1) is 15.1. The number of benzene rings is 1. The van der Waals surface area contributed by atoms with Crippen LogP contribution in [0.15, 0.2) is 24.3 Å². The van der Waals surface area contributed by atoms with Gasteiger partial charge in [0.05, 0.1) is 6.04 Å². The van der Waals surface area contributed by atoms with E-state index in [1.54, 1.807) is 6.92 Å². The summed E-state index contributed by atoms with van der Waals surface area (Å²) in [7, 11) is 0. The van der Waals surface area contributed by atoms with Gasteiger partial charge in [-0.15, -0.1) is 0 Å². The number of carboxylic acid groups (broad SMARTS) is 1. The number of rotatable bonds is 4. The van der Waals surface area contributed by atoms with Crippen molar-refractivity contribution in [2.75, 3.05) is 0 Å². The first-order valence-electron chi connectivity index (χ1n) is 8.18. The molecule has 0 aliphatic heterocycles. The van der Waals surface area contributed by atoms with Crippen molar-refractivity contribution >= 4 is 12.4 Å². The molecule has 1 amide bonds. The van der Waals surface area contributed by atoms with E-state index in [4.69, 9.17) is 0 Å². The van der Waals surface area contributed by atoms with Crippen LogP contribution in [-0.4, -0.2) is 28.4 Å². The fourth-order valence-electron chi connectivity index (χ4n) is 4.31. The average Bonchev–Trinajstić information content (AvgIpc) is 2.55. The van der Waals surface area contributed by atoms with Gasteiger partial charge in [-0.2, -0.15) is 0 Å². The lowest BCUT2D eigenvalue weighted by Gasteiger charge is -2.44. The largest absolute Gasteiger partial charge is 0.480 e. The van der Waals surface area contributed by atoms with Gasteiger partial charge in [-0.3, -0.25) is 4.79 Å². The van der Waals surface area contributed by atoms with Crippen LogP contribution in [0.3, 0.4) is 0 Å². The summed E-state index contributed by atoms with van der Waals surface area (Å²) in [5, 5.41) is 9.29. The Morgan fingerprint density at radius 3 is 2.64 bits per heavy atom. The van der Waals surface area contributed by atoms with Crippen molar-refractivity contribution in [1.82, 2.24) is 4.90 Å². The molecule has 0 heterocycles. The molecule has 1 N–H and O–H groups in total. The topological polar surface area (TPSA) is 57.6 Å². The van der Waals surface area contributed by atoms with Gasteiger partial charge in [0.2, 0.25) is 6.41 Å². The van der Waals surface area contributed by atoms with E-state index in [2.05, 4.69) is 18.2 Å². The van der Waals surface area contributed by atoms with E-state index in [9.17, 15) is 14.7 Å². The minimum Gasteiger partial charge on any atom is -0.480 e. The van der Waals surface area contributed by atoms with Gasteiger partial charge in [-0.05, 0) is 49.1 Å². The Hall–Kier alpha value is -1.84. The van der Waals surface area contributed by atoms with Crippen LogP contribution >= 0.6 is 0 Å². The monoisotopic (exact) mass is 301 g/mol. The van der Waals surface area contributed by atoms with Crippen LogP contribution in [0, 0.1) is 5.92 Å². The number of fused-ring (bicyclic) bond motifs is 3. The van der Waals surface area contributed by atoms with E-state index < -0.39 is 12.0 Å². The van der Waals surface area contributed by atoms with Crippen LogP contribution in [-0.2, 0) is 9.59 Å². The highest BCUT2D eigenvalue weighted by Crippen LogP contribution is 2.50. The number of nitrogens with zero attached hydrogens (tertiary/aromatic N) is 1. The van der Waals surface area contributed by atoms with Gasteiger partial charge in [0.1, 0.15) is 6.04 Å². The molecule has 0 radical (unpaired) electrons. The van der Waals surface area contributed by atoms with Crippen molar-refractivity contribution in [1.29, 1.82) is 0 Å². The Morgan fingerprint density at radius 2 is 1.95 bits per heavy atom. The van der Waals surface area contributed by atoms with E-state index in [-0.39, 0.29) is 6.04 Å². The fourth-order valence-corrected chi connectivity index (χ4v) is 4.31. The zero-order valence-corrected chi connectivity index (χ0v) is 12.9. The number of hydrogen-bond acceptors (Lipinski definition) is 2. The molecule has 22 heavy (non-hydrogen) atoms. The number of hydrogen-bond donors (Lipinski definition) is 1. The second-order valence-electron chi connectivity index (χ2n) is 6.60. The molecule has 4 atom stereocenters. The third kappa shape index (κ3) is 2.51. The van der Waals surface area contributed by atoms with Crippen molar-refractivity contribution in [3.8, 4) is 0 Å². The fraction of sp³-hybridized carbons (Fsp3) is 0.556. The van der Waals surface area contributed by atoms with Crippen LogP contribution in [0.25, 0.3) is 0 Å². The van der Waals surface area contributed by atoms with E-state index in [1.165, 1.54) is 36.1 Å². The van der Waals surface area contributed by atoms with E-state index in [0.29, 0.717) is 18.2 Å². The first-order chi connectivity index (χ1) is 10.6. The molecule has 2 aliphatic carbocycles. The number of carbonyl (C=O) groups excluding carboxylic acids is 1. The second-order valence-corrected chi connectivity index (χ2v) is 6.60. The van der Waals surface area contributed by atoms with Gasteiger partial charge in [0.25, 0.3) is 0 Å². The normalized spacial score (nSPS) is 28.1. The Balaban J connectivity index is 2.00. The molecule has 2 aliphatic rings. The summed E-state index contributed by atoms with van der Waals surface area (Å²) in [6.07, 6.45) is 6.50. The lowest BCUT2D eigenvalue weighted by molar-refractivity contribution is -0.147. The molecule has 4 unspecified atom stereocenters. The molecule has 4 nitrogen and oxygen atoms in total. The second kappa shape index (κ2) is 6.11. The van der Waals surface area contributed by atoms with Gasteiger partial charge < -0.3 is 10.0 Å². The molecule has 1 aromatic carbocycles. The van der Waals surface area contributed by atoms with Crippen LogP contribution in [0.5, 0.6) is 0 Å². The highest BCUT2D eigenvalue weighted by molar-refractivity contribution is 5.76. The van der Waals surface area contributed by atoms with Crippen molar-refractivity contribution in [2.45, 2.75) is 57.0 Å². The maximum absolute atomic E-state index is 11.6. The lowest BCUT2D eigenvalue weighted by Crippen LogP contribution is -2.43. The first-order valence-corrected chi connectivity index (χ1v) is 8.18. The average molecular weight is 301 g/mol. The van der Waals surface area contributed by atoms with Crippen LogP contribution in [0.1, 0.15) is 62.1 Å². The summed E-state index contributed by atoms with van der Waals surface area (Å²) >= 11 is 0. The molecule has 0 spiro atoms. The predicted octanol–water partition coefficient (Wildman–Crippen LogP) is 3.34. The van der Waals surface area contributed by atoms with Crippen LogP contribution in [0.2, 0.25) is 0 Å². The summed E-state index contributed by atoms with van der Waals surface area (Å²) < 4.78 is 0. The van der Waals surface area contributed by atoms with E-state index >= 15 is 0 Å². The number of carboxylic acids is 1. The smallest absolute Gasteiger partial charge is 0.326 e. The van der Waals surface area contributed by atoms with Crippen molar-refractivity contribution in [2.24, 2.45) is 5.92 Å². The van der Waals surface area contributed by atoms with E-state index in [0.717, 1.165) is 12.0 Å². The molecular formula is C18H23NO3. The predicted molar refractivity (Wildman–Crippen MR) is 83.5 cm³/mol. The maximum atomic E-state index is 11.6. The van der Waals surface area contributed by atoms with E-state index in [1.807, 2.05) is 6.07 Å². The molecule has 118 valence electrons. The standard InChI is InChI=1S/C18H23NO3/c1-12(18(21)22)19(11-20)17-10-13-6-2-3-7-14(13)15-8-4-5-9-16(15)17/h4-5,8-9,11-14,17H,2-3,6-7,10H2,1H3,(H,21,22). The summed E-state index contributed by atoms with van der Waals surface area (Å²) in [4.78, 5) is 24.4. The minimum absolute atomic E-state index is 0.112. The molecule has 0 aromatic heterocycles. The number of carbonyl (C=O) groups is 2. The van der Waals surface area contributed by atoms with Gasteiger partial charge in [0.15, 0.2) is 0 Å². The number of amides is 1. The highest BCUT2D eigenvalue weighted by atomic mass is 16.4. The van der Waals surface area contributed by atoms with Gasteiger partial charge >= 0.3 is 5.97 Å². The van der Waals surface area contributed by atoms with Gasteiger partial charge in [-0.25, -0.2) is 4.79 Å². The molecule has 1 saturated carbocycles. The van der Waals surface area contributed by atoms with Crippen molar-refractivity contribution in [3.63, 3.8) is 0 Å². The Labute approximate surface area is 131 Å². The number of aliphatic carboxylic acids is 1. The van der Waals surface area contributed by atoms with Gasteiger partial charge in [0, 0.05) is 0 Å². The summed E-state index contributed by atoms with van der Waals surface area (Å²) in [6, 6.07) is 7.37. The maximum Gasteiger partial charge on any atom is 0.326 e. The SMILES string of the molecule is CC(C(=O)O)N(C=O)C1CC2CCCCC2c2ccccc21. The Morgan fingerprint density at radius 1 is 1.27 bits per heavy atom. The summed E-state index contributed by atoms with van der Waals surface area (Å²) in [5.74, 6) is 0.197. The third-order valence-electron chi connectivity index (χ3n) is 5.48.